The molecular formula is C45H35NO. The molecule has 1 N–H and O–H groups in total. The van der Waals surface area contributed by atoms with Crippen molar-refractivity contribution in [1.82, 2.24) is 0 Å². The normalized spacial score (nSPS) is 13.6. The van der Waals surface area contributed by atoms with Gasteiger partial charge in [0.25, 0.3) is 0 Å². The highest BCUT2D eigenvalue weighted by Crippen LogP contribution is 2.41. The lowest BCUT2D eigenvalue weighted by atomic mass is 9.87. The fraction of sp³-hybridized carbons (Fsp3) is 0.0667. The van der Waals surface area contributed by atoms with Crippen LogP contribution in [0.3, 0.4) is 0 Å². The summed E-state index contributed by atoms with van der Waals surface area (Å²) >= 11 is 0. The third-order valence-corrected chi connectivity index (χ3v) is 9.28. The lowest BCUT2D eigenvalue weighted by molar-refractivity contribution is 0.670. The predicted molar refractivity (Wildman–Crippen MR) is 200 cm³/mol. The number of fused-ring (bicyclic) bond motifs is 4. The van der Waals surface area contributed by atoms with E-state index < -0.39 is 0 Å². The first-order valence-corrected chi connectivity index (χ1v) is 16.1. The standard InChI is InChI=1S/C45H35NO/c1-30(19-20-34-29-45(2,3)41-16-7-4-12-37(34)41)36-11-5-8-17-42(36)46-35-27-25-32(26-28-35)31-21-23-33(24-22-31)38-14-10-15-40-39-13-6-9-18-43(39)47-44(38)40/h4-29,46H,1H2,2-3H3/b20-19-. The van der Waals surface area contributed by atoms with E-state index in [-0.39, 0.29) is 5.41 Å². The van der Waals surface area contributed by atoms with Gasteiger partial charge in [0.2, 0.25) is 0 Å². The monoisotopic (exact) mass is 605 g/mol. The zero-order valence-corrected chi connectivity index (χ0v) is 26.6. The largest absolute Gasteiger partial charge is 0.455 e. The lowest BCUT2D eigenvalue weighted by Crippen LogP contribution is -2.10. The highest BCUT2D eigenvalue weighted by molar-refractivity contribution is 6.09. The topological polar surface area (TPSA) is 25.2 Å². The second-order valence-electron chi connectivity index (χ2n) is 12.8. The highest BCUT2D eigenvalue weighted by atomic mass is 16.3. The molecule has 0 spiro atoms. The molecule has 0 bridgehead atoms. The van der Waals surface area contributed by atoms with Crippen molar-refractivity contribution in [3.8, 4) is 22.3 Å². The molecule has 0 unspecified atom stereocenters. The van der Waals surface area contributed by atoms with Crippen LogP contribution in [0.25, 0.3) is 55.3 Å². The van der Waals surface area contributed by atoms with Crippen LogP contribution in [0.5, 0.6) is 0 Å². The number of anilines is 2. The molecule has 0 atom stereocenters. The molecule has 0 fully saturated rings. The minimum Gasteiger partial charge on any atom is -0.455 e. The van der Waals surface area contributed by atoms with E-state index in [1.807, 2.05) is 12.1 Å². The average molecular weight is 606 g/mol. The summed E-state index contributed by atoms with van der Waals surface area (Å²) in [5, 5.41) is 5.92. The summed E-state index contributed by atoms with van der Waals surface area (Å²) in [5.41, 5.74) is 14.5. The van der Waals surface area contributed by atoms with Crippen LogP contribution in [0.1, 0.15) is 30.5 Å². The Balaban J connectivity index is 0.996. The van der Waals surface area contributed by atoms with Gasteiger partial charge in [0.15, 0.2) is 0 Å². The summed E-state index contributed by atoms with van der Waals surface area (Å²) in [6.45, 7) is 8.97. The van der Waals surface area contributed by atoms with Crippen LogP contribution in [-0.4, -0.2) is 0 Å². The second-order valence-corrected chi connectivity index (χ2v) is 12.8. The van der Waals surface area contributed by atoms with Gasteiger partial charge in [-0.1, -0.05) is 154 Å². The first-order chi connectivity index (χ1) is 22.9. The molecule has 1 heterocycles. The van der Waals surface area contributed by atoms with Crippen molar-refractivity contribution >= 4 is 44.5 Å². The Bertz CT molecular complexity index is 2350. The minimum atomic E-state index is 0.0232. The molecule has 7 aromatic rings. The van der Waals surface area contributed by atoms with Crippen molar-refractivity contribution < 1.29 is 4.42 Å². The number of allylic oxidation sites excluding steroid dienone is 5. The van der Waals surface area contributed by atoms with Crippen molar-refractivity contribution in [2.45, 2.75) is 19.3 Å². The number of hydrogen-bond donors (Lipinski definition) is 1. The number of rotatable bonds is 7. The smallest absolute Gasteiger partial charge is 0.143 e. The van der Waals surface area contributed by atoms with Gasteiger partial charge in [-0.05, 0) is 63.2 Å². The van der Waals surface area contributed by atoms with E-state index in [0.717, 1.165) is 61.1 Å². The Morgan fingerprint density at radius 2 is 1.28 bits per heavy atom. The Morgan fingerprint density at radius 1 is 0.638 bits per heavy atom. The minimum absolute atomic E-state index is 0.0232. The van der Waals surface area contributed by atoms with Crippen LogP contribution in [0.2, 0.25) is 0 Å². The van der Waals surface area contributed by atoms with E-state index in [2.05, 4.69) is 171 Å². The Hall–Kier alpha value is -5.86. The van der Waals surface area contributed by atoms with E-state index in [1.54, 1.807) is 0 Å². The van der Waals surface area contributed by atoms with Gasteiger partial charge >= 0.3 is 0 Å². The van der Waals surface area contributed by atoms with E-state index in [0.29, 0.717) is 0 Å². The van der Waals surface area contributed by atoms with Gasteiger partial charge in [-0.15, -0.1) is 0 Å². The Morgan fingerprint density at radius 3 is 2.11 bits per heavy atom. The van der Waals surface area contributed by atoms with Crippen molar-refractivity contribution in [2.75, 3.05) is 5.32 Å². The molecule has 0 radical (unpaired) electrons. The van der Waals surface area contributed by atoms with Crippen molar-refractivity contribution in [2.24, 2.45) is 0 Å². The Labute approximate surface area is 276 Å². The molecule has 2 nitrogen and oxygen atoms in total. The molecule has 1 aliphatic carbocycles. The van der Waals surface area contributed by atoms with Crippen LogP contribution < -0.4 is 5.32 Å². The SMILES string of the molecule is C=C(/C=C\C1=CC(C)(C)c2ccccc21)c1ccccc1Nc1ccc(-c2ccc(-c3cccc4c3oc3ccccc34)cc2)cc1. The molecule has 0 aliphatic heterocycles. The van der Waals surface area contributed by atoms with Gasteiger partial charge in [-0.3, -0.25) is 0 Å². The fourth-order valence-corrected chi connectivity index (χ4v) is 6.85. The van der Waals surface area contributed by atoms with Crippen LogP contribution in [0, 0.1) is 0 Å². The number of nitrogens with one attached hydrogen (secondary N) is 1. The number of furan rings is 1. The maximum Gasteiger partial charge on any atom is 0.143 e. The molecule has 0 saturated carbocycles. The molecule has 226 valence electrons. The third-order valence-electron chi connectivity index (χ3n) is 9.28. The van der Waals surface area contributed by atoms with Gasteiger partial charge < -0.3 is 9.73 Å². The molecule has 0 saturated heterocycles. The average Bonchev–Trinajstić information content (AvgIpc) is 3.62. The van der Waals surface area contributed by atoms with Crippen molar-refractivity contribution in [1.29, 1.82) is 0 Å². The van der Waals surface area contributed by atoms with Gasteiger partial charge in [0.1, 0.15) is 11.2 Å². The molecule has 8 rings (SSSR count). The van der Waals surface area contributed by atoms with Gasteiger partial charge in [0, 0.05) is 38.7 Å². The zero-order chi connectivity index (χ0) is 32.0. The van der Waals surface area contributed by atoms with Crippen LogP contribution in [-0.2, 0) is 5.41 Å². The number of hydrogen-bond acceptors (Lipinski definition) is 2. The molecule has 1 aromatic heterocycles. The number of benzene rings is 6. The Kier molecular flexibility index (Phi) is 7.00. The summed E-state index contributed by atoms with van der Waals surface area (Å²) in [4.78, 5) is 0. The fourth-order valence-electron chi connectivity index (χ4n) is 6.85. The van der Waals surface area contributed by atoms with Gasteiger partial charge in [0.05, 0.1) is 0 Å². The van der Waals surface area contributed by atoms with Gasteiger partial charge in [-0.2, -0.15) is 0 Å². The second kappa shape index (κ2) is 11.5. The maximum absolute atomic E-state index is 6.28. The molecule has 6 aromatic carbocycles. The zero-order valence-electron chi connectivity index (χ0n) is 26.6. The molecule has 2 heteroatoms. The third kappa shape index (κ3) is 5.28. The molecular weight excluding hydrogens is 571 g/mol. The molecule has 47 heavy (non-hydrogen) atoms. The first-order valence-electron chi connectivity index (χ1n) is 16.1. The summed E-state index contributed by atoms with van der Waals surface area (Å²) in [6.07, 6.45) is 6.68. The van der Waals surface area contributed by atoms with Gasteiger partial charge in [-0.25, -0.2) is 0 Å². The number of para-hydroxylation sites is 3. The molecule has 1 aliphatic rings. The predicted octanol–water partition coefficient (Wildman–Crippen LogP) is 12.6. The van der Waals surface area contributed by atoms with Crippen LogP contribution >= 0.6 is 0 Å². The summed E-state index contributed by atoms with van der Waals surface area (Å²) < 4.78 is 6.28. The summed E-state index contributed by atoms with van der Waals surface area (Å²) in [7, 11) is 0. The summed E-state index contributed by atoms with van der Waals surface area (Å²) in [5.74, 6) is 0. The lowest BCUT2D eigenvalue weighted by Gasteiger charge is -2.16. The van der Waals surface area contributed by atoms with Crippen LogP contribution in [0.15, 0.2) is 169 Å². The quantitative estimate of drug-likeness (QED) is 0.183. The van der Waals surface area contributed by atoms with E-state index >= 15 is 0 Å². The van der Waals surface area contributed by atoms with E-state index in [1.165, 1.54) is 22.3 Å². The first kappa shape index (κ1) is 28.6. The summed E-state index contributed by atoms with van der Waals surface area (Å²) in [6, 6.07) is 49.0. The van der Waals surface area contributed by atoms with Crippen molar-refractivity contribution in [3.63, 3.8) is 0 Å². The van der Waals surface area contributed by atoms with Crippen LogP contribution in [0.4, 0.5) is 11.4 Å². The molecule has 0 amide bonds. The van der Waals surface area contributed by atoms with E-state index in [4.69, 9.17) is 4.42 Å². The van der Waals surface area contributed by atoms with Crippen molar-refractivity contribution in [3.05, 3.63) is 181 Å². The van der Waals surface area contributed by atoms with E-state index in [9.17, 15) is 0 Å². The highest BCUT2D eigenvalue weighted by Gasteiger charge is 2.28. The maximum atomic E-state index is 6.28.